The summed E-state index contributed by atoms with van der Waals surface area (Å²) >= 11 is 0. The average Bonchev–Trinajstić information content (AvgIpc) is 2.50. The van der Waals surface area contributed by atoms with E-state index in [-0.39, 0.29) is 5.92 Å². The number of halogens is 1. The molecular formula is C16H21FN2O3. The molecular weight excluding hydrogens is 287 g/mol. The highest BCUT2D eigenvalue weighted by Crippen LogP contribution is 2.20. The maximum absolute atomic E-state index is 13.2. The third-order valence-electron chi connectivity index (χ3n) is 4.07. The van der Waals surface area contributed by atoms with E-state index in [2.05, 4.69) is 5.32 Å². The number of rotatable bonds is 2. The summed E-state index contributed by atoms with van der Waals surface area (Å²) in [6.07, 6.45) is 1.09. The number of piperidine rings is 1. The number of aryl methyl sites for hydroxylation is 1. The molecule has 1 aromatic carbocycles. The van der Waals surface area contributed by atoms with Crippen molar-refractivity contribution in [3.8, 4) is 0 Å². The quantitative estimate of drug-likeness (QED) is 0.817. The van der Waals surface area contributed by atoms with Crippen LogP contribution in [0.5, 0.6) is 0 Å². The first-order chi connectivity index (χ1) is 10.4. The van der Waals surface area contributed by atoms with Gasteiger partial charge in [0.2, 0.25) is 0 Å². The molecule has 1 saturated heterocycles. The first-order valence-corrected chi connectivity index (χ1v) is 7.43. The second-order valence-electron chi connectivity index (χ2n) is 5.81. The van der Waals surface area contributed by atoms with Crippen LogP contribution in [0.4, 0.5) is 10.1 Å². The van der Waals surface area contributed by atoms with Crippen LogP contribution in [-0.2, 0) is 9.59 Å². The fourth-order valence-corrected chi connectivity index (χ4v) is 2.64. The molecule has 5 nitrogen and oxygen atoms in total. The van der Waals surface area contributed by atoms with Crippen LogP contribution in [0, 0.1) is 18.7 Å². The molecule has 1 aliphatic rings. The number of anilines is 1. The first kappa shape index (κ1) is 16.4. The molecule has 1 heterocycles. The van der Waals surface area contributed by atoms with Gasteiger partial charge < -0.3 is 15.3 Å². The van der Waals surface area contributed by atoms with Gasteiger partial charge >= 0.3 is 11.8 Å². The maximum Gasteiger partial charge on any atom is 0.313 e. The van der Waals surface area contributed by atoms with Gasteiger partial charge in [-0.15, -0.1) is 0 Å². The van der Waals surface area contributed by atoms with Crippen molar-refractivity contribution in [1.82, 2.24) is 4.90 Å². The molecule has 2 N–H and O–H groups in total. The number of likely N-dealkylation sites (tertiary alicyclic amines) is 1. The Morgan fingerprint density at radius 2 is 2.18 bits per heavy atom. The summed E-state index contributed by atoms with van der Waals surface area (Å²) in [5.74, 6) is -1.91. The Morgan fingerprint density at radius 1 is 1.45 bits per heavy atom. The van der Waals surface area contributed by atoms with Gasteiger partial charge in [0.15, 0.2) is 0 Å². The first-order valence-electron chi connectivity index (χ1n) is 7.43. The standard InChI is InChI=1S/C16H21FN2O3/c1-10-5-6-13(17)8-14(10)18-15(21)16(22)19-7-3-4-12(9-19)11(2)20/h5-6,8,11-12,20H,3-4,7,9H2,1-2H3,(H,18,21). The number of hydrogen-bond acceptors (Lipinski definition) is 3. The smallest absolute Gasteiger partial charge is 0.313 e. The minimum Gasteiger partial charge on any atom is -0.393 e. The lowest BCUT2D eigenvalue weighted by atomic mass is 9.93. The van der Waals surface area contributed by atoms with Crippen LogP contribution in [0.3, 0.4) is 0 Å². The molecule has 0 spiro atoms. The monoisotopic (exact) mass is 308 g/mol. The molecule has 6 heteroatoms. The Hall–Kier alpha value is -1.95. The molecule has 0 radical (unpaired) electrons. The lowest BCUT2D eigenvalue weighted by Gasteiger charge is -2.33. The molecule has 2 rings (SSSR count). The fraction of sp³-hybridized carbons (Fsp3) is 0.500. The van der Waals surface area contributed by atoms with E-state index in [0.29, 0.717) is 24.3 Å². The van der Waals surface area contributed by atoms with Crippen molar-refractivity contribution >= 4 is 17.5 Å². The zero-order valence-electron chi connectivity index (χ0n) is 12.8. The van der Waals surface area contributed by atoms with E-state index < -0.39 is 23.7 Å². The van der Waals surface area contributed by atoms with Gasteiger partial charge in [-0.3, -0.25) is 9.59 Å². The summed E-state index contributed by atoms with van der Waals surface area (Å²) in [6.45, 7) is 4.28. The molecule has 0 bridgehead atoms. The maximum atomic E-state index is 13.2. The lowest BCUT2D eigenvalue weighted by molar-refractivity contribution is -0.144. The lowest BCUT2D eigenvalue weighted by Crippen LogP contribution is -2.47. The zero-order chi connectivity index (χ0) is 16.3. The summed E-state index contributed by atoms with van der Waals surface area (Å²) in [5, 5.41) is 12.1. The van der Waals surface area contributed by atoms with Crippen LogP contribution in [-0.4, -0.2) is 41.0 Å². The number of nitrogens with zero attached hydrogens (tertiary/aromatic N) is 1. The topological polar surface area (TPSA) is 69.6 Å². The Bertz CT molecular complexity index is 575. The third kappa shape index (κ3) is 3.82. The van der Waals surface area contributed by atoms with Gasteiger partial charge in [0, 0.05) is 24.7 Å². The van der Waals surface area contributed by atoms with E-state index in [0.717, 1.165) is 12.8 Å². The number of nitrogens with one attached hydrogen (secondary N) is 1. The molecule has 120 valence electrons. The predicted octanol–water partition coefficient (Wildman–Crippen LogP) is 1.69. The van der Waals surface area contributed by atoms with Gasteiger partial charge in [-0.1, -0.05) is 6.07 Å². The molecule has 22 heavy (non-hydrogen) atoms. The van der Waals surface area contributed by atoms with E-state index in [9.17, 15) is 19.1 Å². The van der Waals surface area contributed by atoms with Crippen molar-refractivity contribution in [2.75, 3.05) is 18.4 Å². The van der Waals surface area contributed by atoms with E-state index in [4.69, 9.17) is 0 Å². The van der Waals surface area contributed by atoms with Crippen molar-refractivity contribution in [3.63, 3.8) is 0 Å². The van der Waals surface area contributed by atoms with Gasteiger partial charge in [-0.25, -0.2) is 4.39 Å². The van der Waals surface area contributed by atoms with Crippen molar-refractivity contribution in [1.29, 1.82) is 0 Å². The van der Waals surface area contributed by atoms with Crippen LogP contribution in [0.1, 0.15) is 25.3 Å². The zero-order valence-corrected chi connectivity index (χ0v) is 12.8. The summed E-state index contributed by atoms with van der Waals surface area (Å²) in [7, 11) is 0. The largest absolute Gasteiger partial charge is 0.393 e. The molecule has 1 fully saturated rings. The van der Waals surface area contributed by atoms with Crippen LogP contribution in [0.15, 0.2) is 18.2 Å². The number of aliphatic hydroxyl groups is 1. The van der Waals surface area contributed by atoms with Gasteiger partial charge in [0.25, 0.3) is 0 Å². The number of aliphatic hydroxyl groups excluding tert-OH is 1. The molecule has 0 aliphatic carbocycles. The molecule has 2 unspecified atom stereocenters. The molecule has 1 aromatic rings. The number of carbonyl (C=O) groups is 2. The molecule has 2 amide bonds. The second-order valence-corrected chi connectivity index (χ2v) is 5.81. The normalized spacial score (nSPS) is 19.6. The minimum absolute atomic E-state index is 0.0126. The fourth-order valence-electron chi connectivity index (χ4n) is 2.64. The Labute approximate surface area is 129 Å². The minimum atomic E-state index is -0.778. The Morgan fingerprint density at radius 3 is 2.86 bits per heavy atom. The van der Waals surface area contributed by atoms with Crippen LogP contribution >= 0.6 is 0 Å². The van der Waals surface area contributed by atoms with Gasteiger partial charge in [-0.05, 0) is 44.4 Å². The summed E-state index contributed by atoms with van der Waals surface area (Å²) < 4.78 is 13.2. The van der Waals surface area contributed by atoms with Crippen LogP contribution in [0.2, 0.25) is 0 Å². The van der Waals surface area contributed by atoms with Crippen LogP contribution < -0.4 is 5.32 Å². The highest BCUT2D eigenvalue weighted by atomic mass is 19.1. The second kappa shape index (κ2) is 6.87. The van der Waals surface area contributed by atoms with E-state index in [1.165, 1.54) is 17.0 Å². The van der Waals surface area contributed by atoms with Crippen molar-refractivity contribution < 1.29 is 19.1 Å². The van der Waals surface area contributed by atoms with Crippen molar-refractivity contribution in [2.45, 2.75) is 32.8 Å². The Kier molecular flexibility index (Phi) is 5.13. The summed E-state index contributed by atoms with van der Waals surface area (Å²) in [5.41, 5.74) is 0.977. The number of carbonyl (C=O) groups excluding carboxylic acids is 2. The summed E-state index contributed by atoms with van der Waals surface area (Å²) in [6, 6.07) is 4.03. The van der Waals surface area contributed by atoms with Crippen molar-refractivity contribution in [3.05, 3.63) is 29.6 Å². The van der Waals surface area contributed by atoms with E-state index >= 15 is 0 Å². The highest BCUT2D eigenvalue weighted by Gasteiger charge is 2.29. The number of amides is 2. The van der Waals surface area contributed by atoms with Gasteiger partial charge in [0.1, 0.15) is 5.82 Å². The van der Waals surface area contributed by atoms with E-state index in [1.807, 2.05) is 0 Å². The summed E-state index contributed by atoms with van der Waals surface area (Å²) in [4.78, 5) is 25.7. The number of hydrogen-bond donors (Lipinski definition) is 2. The van der Waals surface area contributed by atoms with Crippen molar-refractivity contribution in [2.24, 2.45) is 5.92 Å². The van der Waals surface area contributed by atoms with Crippen LogP contribution in [0.25, 0.3) is 0 Å². The van der Waals surface area contributed by atoms with E-state index in [1.54, 1.807) is 19.9 Å². The SMILES string of the molecule is Cc1ccc(F)cc1NC(=O)C(=O)N1CCCC(C(C)O)C1. The third-order valence-corrected chi connectivity index (χ3v) is 4.07. The Balaban J connectivity index is 2.03. The van der Waals surface area contributed by atoms with Gasteiger partial charge in [-0.2, -0.15) is 0 Å². The molecule has 2 atom stereocenters. The predicted molar refractivity (Wildman–Crippen MR) is 80.8 cm³/mol. The average molecular weight is 308 g/mol. The molecule has 0 aromatic heterocycles. The number of benzene rings is 1. The van der Waals surface area contributed by atoms with Gasteiger partial charge in [0.05, 0.1) is 6.10 Å². The highest BCUT2D eigenvalue weighted by molar-refractivity contribution is 6.39. The molecule has 1 aliphatic heterocycles. The molecule has 0 saturated carbocycles.